The summed E-state index contributed by atoms with van der Waals surface area (Å²) in [6.07, 6.45) is 4.19. The number of hydrogen-bond acceptors (Lipinski definition) is 4. The average molecular weight is 489 g/mol. The van der Waals surface area contributed by atoms with Crippen LogP contribution in [0.2, 0.25) is 0 Å². The highest BCUT2D eigenvalue weighted by Crippen LogP contribution is 2.24. The molecular weight excluding hydrogens is 452 g/mol. The fourth-order valence-corrected chi connectivity index (χ4v) is 4.68. The highest BCUT2D eigenvalue weighted by Gasteiger charge is 2.25. The van der Waals surface area contributed by atoms with Gasteiger partial charge in [0.2, 0.25) is 5.91 Å². The van der Waals surface area contributed by atoms with Crippen LogP contribution in [0.25, 0.3) is 10.9 Å². The van der Waals surface area contributed by atoms with Crippen molar-refractivity contribution in [1.82, 2.24) is 20.9 Å². The highest BCUT2D eigenvalue weighted by molar-refractivity contribution is 6.07. The minimum absolute atomic E-state index is 0.0301. The monoisotopic (exact) mass is 488 g/mol. The molecule has 2 amide bonds. The lowest BCUT2D eigenvalue weighted by molar-refractivity contribution is -0.126. The number of piperidine rings is 1. The van der Waals surface area contributed by atoms with E-state index in [1.807, 2.05) is 42.5 Å². The molecule has 8 heteroatoms. The van der Waals surface area contributed by atoms with Gasteiger partial charge in [-0.05, 0) is 67.7 Å². The Morgan fingerprint density at radius 3 is 2.50 bits per heavy atom. The summed E-state index contributed by atoms with van der Waals surface area (Å²) in [5.74, 6) is 0.135. The molecule has 2 aromatic carbocycles. The lowest BCUT2D eigenvalue weighted by Crippen LogP contribution is -2.42. The standard InChI is InChI=1S/C28H36N6O2/c1-28(2,17-34-27(36)20-10-12-31-13-11-20)21-6-4-19(5-7-21)26(35)32-14-9-18-3-8-24-22(15-18)23(16-33-24)25(29)30/h3-8,15-16,20,31,33H,9-14,17H2,1-2H3,(H3,29,30)(H,32,35)(H,34,36). The smallest absolute Gasteiger partial charge is 0.251 e. The number of amidine groups is 1. The Morgan fingerprint density at radius 1 is 1.08 bits per heavy atom. The maximum atomic E-state index is 12.7. The van der Waals surface area contributed by atoms with Gasteiger partial charge in [0.25, 0.3) is 5.91 Å². The van der Waals surface area contributed by atoms with Gasteiger partial charge in [-0.1, -0.05) is 32.0 Å². The van der Waals surface area contributed by atoms with Crippen LogP contribution in [0, 0.1) is 11.3 Å². The number of nitrogen functional groups attached to an aromatic ring is 1. The zero-order valence-corrected chi connectivity index (χ0v) is 21.0. The summed E-state index contributed by atoms with van der Waals surface area (Å²) in [6, 6.07) is 13.6. The summed E-state index contributed by atoms with van der Waals surface area (Å²) in [6.45, 7) is 7.05. The number of H-pyrrole nitrogens is 1. The normalized spacial score (nSPS) is 14.5. The largest absolute Gasteiger partial charge is 0.384 e. The van der Waals surface area contributed by atoms with E-state index in [1.165, 1.54) is 0 Å². The van der Waals surface area contributed by atoms with Crippen LogP contribution in [0.15, 0.2) is 48.7 Å². The lowest BCUT2D eigenvalue weighted by atomic mass is 9.84. The molecule has 7 N–H and O–H groups in total. The van der Waals surface area contributed by atoms with Crippen molar-refractivity contribution in [1.29, 1.82) is 5.41 Å². The highest BCUT2D eigenvalue weighted by atomic mass is 16.2. The second-order valence-electron chi connectivity index (χ2n) is 10.2. The van der Waals surface area contributed by atoms with E-state index in [4.69, 9.17) is 11.1 Å². The molecule has 1 fully saturated rings. The van der Waals surface area contributed by atoms with Gasteiger partial charge in [0, 0.05) is 52.6 Å². The summed E-state index contributed by atoms with van der Waals surface area (Å²) in [5, 5.41) is 18.0. The molecule has 0 radical (unpaired) electrons. The van der Waals surface area contributed by atoms with E-state index in [0.717, 1.165) is 48.0 Å². The molecule has 4 rings (SSSR count). The molecule has 0 spiro atoms. The average Bonchev–Trinajstić information content (AvgIpc) is 3.31. The predicted molar refractivity (Wildman–Crippen MR) is 143 cm³/mol. The molecule has 0 bridgehead atoms. The number of aromatic nitrogens is 1. The Kier molecular flexibility index (Phi) is 7.74. The van der Waals surface area contributed by atoms with Gasteiger partial charge in [0.05, 0.1) is 0 Å². The Bertz CT molecular complexity index is 1240. The number of carbonyl (C=O) groups is 2. The molecule has 1 aliphatic rings. The van der Waals surface area contributed by atoms with Gasteiger partial charge < -0.3 is 26.7 Å². The zero-order chi connectivity index (χ0) is 25.7. The summed E-state index contributed by atoms with van der Waals surface area (Å²) < 4.78 is 0. The first-order valence-corrected chi connectivity index (χ1v) is 12.6. The van der Waals surface area contributed by atoms with Gasteiger partial charge in [0.15, 0.2) is 0 Å². The summed E-state index contributed by atoms with van der Waals surface area (Å²) in [7, 11) is 0. The van der Waals surface area contributed by atoms with Crippen LogP contribution in [0.5, 0.6) is 0 Å². The molecule has 1 aliphatic heterocycles. The van der Waals surface area contributed by atoms with Crippen LogP contribution in [0.1, 0.15) is 53.7 Å². The molecule has 1 aromatic heterocycles. The first-order valence-electron chi connectivity index (χ1n) is 12.6. The van der Waals surface area contributed by atoms with Crippen LogP contribution < -0.4 is 21.7 Å². The fraction of sp³-hybridized carbons (Fsp3) is 0.393. The molecule has 0 atom stereocenters. The van der Waals surface area contributed by atoms with E-state index in [9.17, 15) is 9.59 Å². The van der Waals surface area contributed by atoms with Crippen molar-refractivity contribution in [2.24, 2.45) is 11.7 Å². The van der Waals surface area contributed by atoms with Gasteiger partial charge in [-0.25, -0.2) is 0 Å². The quantitative estimate of drug-likeness (QED) is 0.204. The molecule has 3 aromatic rings. The maximum absolute atomic E-state index is 12.7. The first kappa shape index (κ1) is 25.4. The van der Waals surface area contributed by atoms with Crippen LogP contribution in [0.4, 0.5) is 0 Å². The van der Waals surface area contributed by atoms with Gasteiger partial charge in [-0.2, -0.15) is 0 Å². The summed E-state index contributed by atoms with van der Waals surface area (Å²) in [4.78, 5) is 28.3. The van der Waals surface area contributed by atoms with Gasteiger partial charge in [0.1, 0.15) is 5.84 Å². The van der Waals surface area contributed by atoms with E-state index in [0.29, 0.717) is 30.6 Å². The lowest BCUT2D eigenvalue weighted by Gasteiger charge is -2.28. The third-order valence-corrected chi connectivity index (χ3v) is 7.08. The molecule has 0 saturated carbocycles. The van der Waals surface area contributed by atoms with Crippen molar-refractivity contribution in [3.8, 4) is 0 Å². The molecule has 36 heavy (non-hydrogen) atoms. The third-order valence-electron chi connectivity index (χ3n) is 7.08. The first-order chi connectivity index (χ1) is 17.2. The Balaban J connectivity index is 1.29. The van der Waals surface area contributed by atoms with Crippen molar-refractivity contribution in [3.05, 3.63) is 70.9 Å². The van der Waals surface area contributed by atoms with Crippen molar-refractivity contribution in [2.75, 3.05) is 26.2 Å². The number of nitrogens with one attached hydrogen (secondary N) is 5. The van der Waals surface area contributed by atoms with Gasteiger partial charge in [-0.15, -0.1) is 0 Å². The second-order valence-corrected chi connectivity index (χ2v) is 10.2. The summed E-state index contributed by atoms with van der Waals surface area (Å²) >= 11 is 0. The summed E-state index contributed by atoms with van der Waals surface area (Å²) in [5.41, 5.74) is 9.78. The molecule has 190 valence electrons. The second kappa shape index (κ2) is 11.0. The number of benzene rings is 2. The number of rotatable bonds is 9. The zero-order valence-electron chi connectivity index (χ0n) is 21.0. The number of carbonyl (C=O) groups excluding carboxylic acids is 2. The third kappa shape index (κ3) is 5.94. The fourth-order valence-electron chi connectivity index (χ4n) is 4.68. The molecule has 0 unspecified atom stereocenters. The Hall–Kier alpha value is -3.65. The Morgan fingerprint density at radius 2 is 1.81 bits per heavy atom. The minimum atomic E-state index is -0.243. The van der Waals surface area contributed by atoms with E-state index in [-0.39, 0.29) is 29.0 Å². The molecular formula is C28H36N6O2. The molecule has 1 saturated heterocycles. The molecule has 2 heterocycles. The SMILES string of the molecule is CC(C)(CNC(=O)C1CCNCC1)c1ccc(C(=O)NCCc2ccc3[nH]cc(C(=N)N)c3c2)cc1. The van der Waals surface area contributed by atoms with Crippen LogP contribution in [-0.4, -0.2) is 48.8 Å². The van der Waals surface area contributed by atoms with E-state index < -0.39 is 0 Å². The van der Waals surface area contributed by atoms with Crippen molar-refractivity contribution >= 4 is 28.6 Å². The topological polar surface area (TPSA) is 136 Å². The van der Waals surface area contributed by atoms with E-state index in [2.05, 4.69) is 34.8 Å². The van der Waals surface area contributed by atoms with Crippen molar-refractivity contribution in [3.63, 3.8) is 0 Å². The van der Waals surface area contributed by atoms with E-state index >= 15 is 0 Å². The number of nitrogens with two attached hydrogens (primary N) is 1. The van der Waals surface area contributed by atoms with Gasteiger partial charge >= 0.3 is 0 Å². The molecule has 0 aliphatic carbocycles. The van der Waals surface area contributed by atoms with Crippen LogP contribution >= 0.6 is 0 Å². The number of amides is 2. The van der Waals surface area contributed by atoms with Crippen molar-refractivity contribution < 1.29 is 9.59 Å². The Labute approximate surface area is 211 Å². The van der Waals surface area contributed by atoms with Crippen LogP contribution in [0.3, 0.4) is 0 Å². The number of fused-ring (bicyclic) bond motifs is 1. The maximum Gasteiger partial charge on any atom is 0.251 e. The molecule has 8 nitrogen and oxygen atoms in total. The number of hydrogen-bond donors (Lipinski definition) is 6. The predicted octanol–water partition coefficient (Wildman–Crippen LogP) is 2.82. The van der Waals surface area contributed by atoms with E-state index in [1.54, 1.807) is 6.20 Å². The van der Waals surface area contributed by atoms with Crippen molar-refractivity contribution in [2.45, 2.75) is 38.5 Å². The number of aromatic amines is 1. The minimum Gasteiger partial charge on any atom is -0.384 e. The van der Waals surface area contributed by atoms with Crippen LogP contribution in [-0.2, 0) is 16.6 Å². The van der Waals surface area contributed by atoms with Gasteiger partial charge in [-0.3, -0.25) is 15.0 Å².